The van der Waals surface area contributed by atoms with Crippen LogP contribution in [0.2, 0.25) is 0 Å². The van der Waals surface area contributed by atoms with Gasteiger partial charge in [0.05, 0.1) is 20.3 Å². The number of nitrogens with one attached hydrogen (secondary N) is 1. The average Bonchev–Trinajstić information content (AvgIpc) is 3.13. The van der Waals surface area contributed by atoms with Gasteiger partial charge in [-0.3, -0.25) is 9.59 Å². The minimum absolute atomic E-state index is 0.00819. The number of carbonyl (C=O) groups excluding carboxylic acids is 2. The molecule has 1 aromatic carbocycles. The van der Waals surface area contributed by atoms with Crippen LogP contribution in [0, 0.1) is 5.92 Å². The van der Waals surface area contributed by atoms with E-state index in [9.17, 15) is 14.7 Å². The first-order valence-corrected chi connectivity index (χ1v) is 10.1. The molecule has 162 valence electrons. The number of likely N-dealkylation sites (tertiary alicyclic amines) is 1. The Kier molecular flexibility index (Phi) is 6.63. The molecule has 2 N–H and O–H groups in total. The van der Waals surface area contributed by atoms with Gasteiger partial charge in [0.2, 0.25) is 5.91 Å². The molecule has 1 fully saturated rings. The number of hydrogen-bond acceptors (Lipinski definition) is 5. The van der Waals surface area contributed by atoms with Crippen molar-refractivity contribution in [1.29, 1.82) is 0 Å². The number of hydrogen-bond donors (Lipinski definition) is 2. The molecule has 0 saturated carbocycles. The summed E-state index contributed by atoms with van der Waals surface area (Å²) >= 11 is 0. The van der Waals surface area contributed by atoms with Gasteiger partial charge in [-0.2, -0.15) is 0 Å². The summed E-state index contributed by atoms with van der Waals surface area (Å²) in [6.07, 6.45) is 2.47. The maximum Gasteiger partial charge on any atom is 0.320 e. The van der Waals surface area contributed by atoms with Crippen molar-refractivity contribution in [3.05, 3.63) is 47.2 Å². The lowest BCUT2D eigenvalue weighted by Gasteiger charge is -2.43. The second-order valence-electron chi connectivity index (χ2n) is 7.72. The number of aromatic amines is 1. The maximum atomic E-state index is 13.3. The summed E-state index contributed by atoms with van der Waals surface area (Å²) in [5.74, 6) is -0.833. The van der Waals surface area contributed by atoms with Gasteiger partial charge < -0.3 is 24.5 Å². The third kappa shape index (κ3) is 3.52. The van der Waals surface area contributed by atoms with Gasteiger partial charge in [-0.15, -0.1) is 0 Å². The quantitative estimate of drug-likeness (QED) is 0.560. The normalized spacial score (nSPS) is 20.4. The number of aliphatic hydroxyl groups is 1. The molecule has 2 aromatic rings. The highest BCUT2D eigenvalue weighted by Gasteiger charge is 2.52. The van der Waals surface area contributed by atoms with Crippen LogP contribution in [-0.2, 0) is 31.1 Å². The number of aliphatic hydroxyl groups excluding tert-OH is 1. The van der Waals surface area contributed by atoms with E-state index in [1.807, 2.05) is 37.3 Å². The summed E-state index contributed by atoms with van der Waals surface area (Å²) in [4.78, 5) is 30.4. The first-order valence-electron chi connectivity index (χ1n) is 10.1. The number of amides is 1. The number of carbonyl (C=O) groups is 2. The Balaban J connectivity index is 2.24. The van der Waals surface area contributed by atoms with Crippen molar-refractivity contribution in [2.45, 2.75) is 32.3 Å². The van der Waals surface area contributed by atoms with Crippen molar-refractivity contribution in [3.8, 4) is 0 Å². The van der Waals surface area contributed by atoms with Crippen LogP contribution in [0.4, 0.5) is 0 Å². The van der Waals surface area contributed by atoms with Crippen molar-refractivity contribution in [1.82, 2.24) is 9.88 Å². The summed E-state index contributed by atoms with van der Waals surface area (Å²) in [6.45, 7) is 4.24. The van der Waals surface area contributed by atoms with Crippen LogP contribution in [0.25, 0.3) is 10.9 Å². The van der Waals surface area contributed by atoms with Gasteiger partial charge >= 0.3 is 5.97 Å². The smallest absolute Gasteiger partial charge is 0.320 e. The van der Waals surface area contributed by atoms with Crippen molar-refractivity contribution >= 4 is 22.8 Å². The van der Waals surface area contributed by atoms with Gasteiger partial charge in [-0.05, 0) is 19.4 Å². The molecule has 3 rings (SSSR count). The highest BCUT2D eigenvalue weighted by Crippen LogP contribution is 2.44. The third-order valence-electron chi connectivity index (χ3n) is 6.27. The summed E-state index contributed by atoms with van der Waals surface area (Å²) in [7, 11) is 2.94. The van der Waals surface area contributed by atoms with Gasteiger partial charge in [-0.25, -0.2) is 0 Å². The van der Waals surface area contributed by atoms with Crippen LogP contribution in [0.5, 0.6) is 0 Å². The number of H-pyrrole nitrogens is 1. The van der Waals surface area contributed by atoms with E-state index >= 15 is 0 Å². The van der Waals surface area contributed by atoms with Crippen LogP contribution in [0.1, 0.15) is 31.5 Å². The number of para-hydroxylation sites is 1. The van der Waals surface area contributed by atoms with Gasteiger partial charge in [0.1, 0.15) is 5.41 Å². The standard InChI is InChI=1S/C23H30N2O5/c1-5-16-12-25(15(2)27)11-10-19(16)23(14-26,22(28)30-4)21-18(13-29-3)17-8-6-7-9-20(17)24-21/h5-9,19,24,26H,10-14H2,1-4H3/b16-5+. The van der Waals surface area contributed by atoms with Crippen molar-refractivity contribution in [2.75, 3.05) is 33.9 Å². The fraction of sp³-hybridized carbons (Fsp3) is 0.478. The zero-order chi connectivity index (χ0) is 21.9. The van der Waals surface area contributed by atoms with Crippen molar-refractivity contribution < 1.29 is 24.2 Å². The number of fused-ring (bicyclic) bond motifs is 1. The molecule has 1 aliphatic rings. The number of ether oxygens (including phenoxy) is 2. The second kappa shape index (κ2) is 9.02. The van der Waals surface area contributed by atoms with E-state index < -0.39 is 18.0 Å². The number of rotatable bonds is 6. The first kappa shape index (κ1) is 22.1. The van der Waals surface area contributed by atoms with E-state index in [0.29, 0.717) is 25.2 Å². The molecule has 30 heavy (non-hydrogen) atoms. The van der Waals surface area contributed by atoms with Gasteiger partial charge in [0.15, 0.2) is 0 Å². The highest BCUT2D eigenvalue weighted by molar-refractivity contribution is 5.91. The Morgan fingerprint density at radius 2 is 2.07 bits per heavy atom. The monoisotopic (exact) mass is 414 g/mol. The Morgan fingerprint density at radius 3 is 2.67 bits per heavy atom. The SMILES string of the molecule is C/C=C1\CN(C(C)=O)CCC1C(CO)(C(=O)OC)c1[nH]c2ccccc2c1COC. The molecule has 0 aliphatic carbocycles. The van der Waals surface area contributed by atoms with Gasteiger partial charge in [0.25, 0.3) is 0 Å². The van der Waals surface area contributed by atoms with Crippen LogP contribution in [-0.4, -0.2) is 60.8 Å². The predicted molar refractivity (Wildman–Crippen MR) is 114 cm³/mol. The Morgan fingerprint density at radius 1 is 1.33 bits per heavy atom. The number of methoxy groups -OCH3 is 2. The predicted octanol–water partition coefficient (Wildman–Crippen LogP) is 2.53. The highest BCUT2D eigenvalue weighted by atomic mass is 16.5. The molecule has 0 radical (unpaired) electrons. The molecule has 7 heteroatoms. The minimum atomic E-state index is -1.33. The third-order valence-corrected chi connectivity index (χ3v) is 6.27. The number of aromatic nitrogens is 1. The number of piperidine rings is 1. The molecule has 0 bridgehead atoms. The number of benzene rings is 1. The zero-order valence-electron chi connectivity index (χ0n) is 18.0. The zero-order valence-corrected chi connectivity index (χ0v) is 18.0. The van der Waals surface area contributed by atoms with E-state index in [4.69, 9.17) is 9.47 Å². The van der Waals surface area contributed by atoms with E-state index in [2.05, 4.69) is 4.98 Å². The topological polar surface area (TPSA) is 91.9 Å². The summed E-state index contributed by atoms with van der Waals surface area (Å²) < 4.78 is 10.7. The maximum absolute atomic E-state index is 13.3. The van der Waals surface area contributed by atoms with E-state index in [1.54, 1.807) is 18.9 Å². The second-order valence-corrected chi connectivity index (χ2v) is 7.72. The van der Waals surface area contributed by atoms with E-state index in [-0.39, 0.29) is 18.4 Å². The molecule has 2 atom stereocenters. The van der Waals surface area contributed by atoms with Crippen LogP contribution >= 0.6 is 0 Å². The van der Waals surface area contributed by atoms with Crippen LogP contribution in [0.3, 0.4) is 0 Å². The number of esters is 1. The molecular weight excluding hydrogens is 384 g/mol. The fourth-order valence-corrected chi connectivity index (χ4v) is 4.73. The van der Waals surface area contributed by atoms with E-state index in [0.717, 1.165) is 22.0 Å². The molecule has 0 spiro atoms. The molecule has 1 aromatic heterocycles. The summed E-state index contributed by atoms with van der Waals surface area (Å²) in [5.41, 5.74) is 1.91. The van der Waals surface area contributed by atoms with Crippen molar-refractivity contribution in [3.63, 3.8) is 0 Å². The number of allylic oxidation sites excluding steroid dienone is 1. The first-order chi connectivity index (χ1) is 14.4. The number of nitrogens with zero attached hydrogens (tertiary/aromatic N) is 1. The van der Waals surface area contributed by atoms with E-state index in [1.165, 1.54) is 7.11 Å². The molecule has 1 saturated heterocycles. The molecule has 1 amide bonds. The molecule has 1 aliphatic heterocycles. The lowest BCUT2D eigenvalue weighted by atomic mass is 9.66. The van der Waals surface area contributed by atoms with Gasteiger partial charge in [0, 0.05) is 55.2 Å². The molecular formula is C23H30N2O5. The molecule has 7 nitrogen and oxygen atoms in total. The lowest BCUT2D eigenvalue weighted by Crippen LogP contribution is -2.53. The largest absolute Gasteiger partial charge is 0.468 e. The van der Waals surface area contributed by atoms with Gasteiger partial charge in [-0.1, -0.05) is 29.8 Å². The summed E-state index contributed by atoms with van der Waals surface area (Å²) in [6, 6.07) is 7.76. The molecule has 2 heterocycles. The minimum Gasteiger partial charge on any atom is -0.468 e. The fourth-order valence-electron chi connectivity index (χ4n) is 4.73. The summed E-state index contributed by atoms with van der Waals surface area (Å²) in [5, 5.41) is 11.7. The Hall–Kier alpha value is -2.64. The van der Waals surface area contributed by atoms with Crippen LogP contribution in [0.15, 0.2) is 35.9 Å². The Bertz CT molecular complexity index is 964. The Labute approximate surface area is 176 Å². The van der Waals surface area contributed by atoms with Crippen molar-refractivity contribution in [2.24, 2.45) is 5.92 Å². The average molecular weight is 415 g/mol. The lowest BCUT2D eigenvalue weighted by molar-refractivity contribution is -0.152. The van der Waals surface area contributed by atoms with Crippen LogP contribution < -0.4 is 0 Å². The molecule has 2 unspecified atom stereocenters.